The number of hydrogen-bond acceptors (Lipinski definition) is 3. The van der Waals surface area contributed by atoms with Gasteiger partial charge < -0.3 is 10.5 Å². The minimum absolute atomic E-state index is 0.0848. The minimum Gasteiger partial charge on any atom is -0.453 e. The Bertz CT molecular complexity index is 560. The number of rotatable bonds is 4. The molecule has 0 saturated carbocycles. The Balaban J connectivity index is 2.15. The maximum atomic E-state index is 13.6. The molecule has 19 heavy (non-hydrogen) atoms. The summed E-state index contributed by atoms with van der Waals surface area (Å²) in [6.45, 7) is 1.99. The number of aromatic nitrogens is 1. The molecule has 1 aromatic carbocycles. The molecule has 0 aliphatic rings. The quantitative estimate of drug-likeness (QED) is 0.917. The normalized spacial score (nSPS) is 12.2. The van der Waals surface area contributed by atoms with Gasteiger partial charge in [0.2, 0.25) is 0 Å². The first kappa shape index (κ1) is 14.0. The highest BCUT2D eigenvalue weighted by atomic mass is 79.9. The van der Waals surface area contributed by atoms with Gasteiger partial charge in [-0.25, -0.2) is 4.39 Å². The molecule has 0 aliphatic carbocycles. The molecule has 3 nitrogen and oxygen atoms in total. The summed E-state index contributed by atoms with van der Waals surface area (Å²) in [5.74, 6) is 0.217. The van der Waals surface area contributed by atoms with Crippen LogP contribution in [-0.4, -0.2) is 4.98 Å². The van der Waals surface area contributed by atoms with Crippen LogP contribution in [0.25, 0.3) is 0 Å². The average molecular weight is 325 g/mol. The highest BCUT2D eigenvalue weighted by Crippen LogP contribution is 2.26. The lowest BCUT2D eigenvalue weighted by Crippen LogP contribution is -2.10. The molecular formula is C14H14BrFN2O. The van der Waals surface area contributed by atoms with Crippen molar-refractivity contribution in [2.24, 2.45) is 5.73 Å². The molecule has 0 amide bonds. The number of nitrogens with two attached hydrogens (primary N) is 1. The summed E-state index contributed by atoms with van der Waals surface area (Å²) in [6, 6.07) is 8.07. The van der Waals surface area contributed by atoms with Crippen molar-refractivity contribution in [3.63, 3.8) is 0 Å². The SMILES string of the molecule is CC[C@H](N)c1ccc(Oc2ccc(Br)cc2F)cn1. The van der Waals surface area contributed by atoms with Crippen LogP contribution in [0.4, 0.5) is 4.39 Å². The van der Waals surface area contributed by atoms with Gasteiger partial charge in [-0.3, -0.25) is 4.98 Å². The van der Waals surface area contributed by atoms with Gasteiger partial charge in [-0.05, 0) is 36.8 Å². The molecule has 0 bridgehead atoms. The van der Waals surface area contributed by atoms with E-state index in [0.717, 1.165) is 12.1 Å². The first-order chi connectivity index (χ1) is 9.10. The van der Waals surface area contributed by atoms with E-state index in [1.54, 1.807) is 30.5 Å². The summed E-state index contributed by atoms with van der Waals surface area (Å²) in [6.07, 6.45) is 2.36. The van der Waals surface area contributed by atoms with Crippen LogP contribution < -0.4 is 10.5 Å². The van der Waals surface area contributed by atoms with E-state index in [1.807, 2.05) is 6.92 Å². The Morgan fingerprint density at radius 1 is 1.37 bits per heavy atom. The monoisotopic (exact) mass is 324 g/mol. The molecule has 1 atom stereocenters. The average Bonchev–Trinajstić information content (AvgIpc) is 2.42. The number of nitrogens with zero attached hydrogens (tertiary/aromatic N) is 1. The van der Waals surface area contributed by atoms with Crippen molar-refractivity contribution in [2.45, 2.75) is 19.4 Å². The van der Waals surface area contributed by atoms with Crippen molar-refractivity contribution < 1.29 is 9.13 Å². The van der Waals surface area contributed by atoms with Crippen molar-refractivity contribution in [3.8, 4) is 11.5 Å². The third-order valence-electron chi connectivity index (χ3n) is 2.70. The highest BCUT2D eigenvalue weighted by molar-refractivity contribution is 9.10. The first-order valence-corrected chi connectivity index (χ1v) is 6.74. The van der Waals surface area contributed by atoms with Crippen molar-refractivity contribution in [2.75, 3.05) is 0 Å². The molecule has 1 heterocycles. The number of hydrogen-bond donors (Lipinski definition) is 1. The van der Waals surface area contributed by atoms with Gasteiger partial charge in [0.1, 0.15) is 5.75 Å². The van der Waals surface area contributed by atoms with Crippen LogP contribution in [0.1, 0.15) is 25.1 Å². The summed E-state index contributed by atoms with van der Waals surface area (Å²) < 4.78 is 19.7. The zero-order valence-corrected chi connectivity index (χ0v) is 12.0. The van der Waals surface area contributed by atoms with E-state index in [2.05, 4.69) is 20.9 Å². The first-order valence-electron chi connectivity index (χ1n) is 5.94. The molecular weight excluding hydrogens is 311 g/mol. The molecule has 0 unspecified atom stereocenters. The van der Waals surface area contributed by atoms with E-state index in [4.69, 9.17) is 10.5 Å². The molecule has 2 aromatic rings. The van der Waals surface area contributed by atoms with Crippen LogP contribution in [0.3, 0.4) is 0 Å². The van der Waals surface area contributed by atoms with Gasteiger partial charge >= 0.3 is 0 Å². The summed E-state index contributed by atoms with van der Waals surface area (Å²) >= 11 is 3.19. The van der Waals surface area contributed by atoms with Gasteiger partial charge in [0, 0.05) is 10.5 Å². The van der Waals surface area contributed by atoms with E-state index in [-0.39, 0.29) is 11.8 Å². The van der Waals surface area contributed by atoms with Gasteiger partial charge in [0.15, 0.2) is 11.6 Å². The second kappa shape index (κ2) is 6.12. The third-order valence-corrected chi connectivity index (χ3v) is 3.19. The van der Waals surface area contributed by atoms with Crippen molar-refractivity contribution in [3.05, 3.63) is 52.5 Å². The predicted octanol–water partition coefficient (Wildman–Crippen LogP) is 4.19. The lowest BCUT2D eigenvalue weighted by Gasteiger charge is -2.10. The minimum atomic E-state index is -0.427. The molecule has 0 fully saturated rings. The Labute approximate surface area is 119 Å². The Hall–Kier alpha value is -1.46. The van der Waals surface area contributed by atoms with Crippen molar-refractivity contribution in [1.82, 2.24) is 4.98 Å². The number of pyridine rings is 1. The van der Waals surface area contributed by atoms with Crippen LogP contribution in [0.5, 0.6) is 11.5 Å². The van der Waals surface area contributed by atoms with Gasteiger partial charge in [-0.1, -0.05) is 22.9 Å². The molecule has 0 aliphatic heterocycles. The van der Waals surface area contributed by atoms with E-state index in [1.165, 1.54) is 6.07 Å². The lowest BCUT2D eigenvalue weighted by molar-refractivity contribution is 0.439. The maximum Gasteiger partial charge on any atom is 0.166 e. The maximum absolute atomic E-state index is 13.6. The van der Waals surface area contributed by atoms with Gasteiger partial charge in [0.25, 0.3) is 0 Å². The van der Waals surface area contributed by atoms with Crippen molar-refractivity contribution >= 4 is 15.9 Å². The zero-order chi connectivity index (χ0) is 13.8. The van der Waals surface area contributed by atoms with Crippen LogP contribution in [0.15, 0.2) is 41.0 Å². The Morgan fingerprint density at radius 2 is 2.16 bits per heavy atom. The topological polar surface area (TPSA) is 48.1 Å². The molecule has 0 spiro atoms. The summed E-state index contributed by atoms with van der Waals surface area (Å²) in [4.78, 5) is 4.21. The van der Waals surface area contributed by atoms with Crippen LogP contribution in [-0.2, 0) is 0 Å². The summed E-state index contributed by atoms with van der Waals surface area (Å²) in [7, 11) is 0. The lowest BCUT2D eigenvalue weighted by atomic mass is 10.1. The van der Waals surface area contributed by atoms with E-state index in [0.29, 0.717) is 10.2 Å². The summed E-state index contributed by atoms with van der Waals surface area (Å²) in [5, 5.41) is 0. The van der Waals surface area contributed by atoms with Gasteiger partial charge in [-0.2, -0.15) is 0 Å². The zero-order valence-electron chi connectivity index (χ0n) is 10.4. The Morgan fingerprint density at radius 3 is 2.74 bits per heavy atom. The molecule has 2 N–H and O–H groups in total. The van der Waals surface area contributed by atoms with Gasteiger partial charge in [-0.15, -0.1) is 0 Å². The van der Waals surface area contributed by atoms with E-state index in [9.17, 15) is 4.39 Å². The van der Waals surface area contributed by atoms with E-state index < -0.39 is 5.82 Å². The number of ether oxygens (including phenoxy) is 1. The van der Waals surface area contributed by atoms with Crippen LogP contribution in [0.2, 0.25) is 0 Å². The van der Waals surface area contributed by atoms with Crippen LogP contribution in [0, 0.1) is 5.82 Å². The van der Waals surface area contributed by atoms with Crippen LogP contribution >= 0.6 is 15.9 Å². The standard InChI is InChI=1S/C14H14BrFN2O/c1-2-12(17)13-5-4-10(8-18-13)19-14-6-3-9(15)7-11(14)16/h3-8,12H,2,17H2,1H3/t12-/m0/s1. The fraction of sp³-hybridized carbons (Fsp3) is 0.214. The predicted molar refractivity (Wildman–Crippen MR) is 75.6 cm³/mol. The molecule has 0 saturated heterocycles. The molecule has 2 rings (SSSR count). The summed E-state index contributed by atoms with van der Waals surface area (Å²) in [5.41, 5.74) is 6.67. The fourth-order valence-electron chi connectivity index (χ4n) is 1.57. The second-order valence-corrected chi connectivity index (χ2v) is 5.03. The molecule has 0 radical (unpaired) electrons. The fourth-order valence-corrected chi connectivity index (χ4v) is 1.90. The van der Waals surface area contributed by atoms with Gasteiger partial charge in [0.05, 0.1) is 11.9 Å². The van der Waals surface area contributed by atoms with Crippen molar-refractivity contribution in [1.29, 1.82) is 0 Å². The smallest absolute Gasteiger partial charge is 0.166 e. The largest absolute Gasteiger partial charge is 0.453 e. The molecule has 1 aromatic heterocycles. The molecule has 100 valence electrons. The second-order valence-electron chi connectivity index (χ2n) is 4.11. The third kappa shape index (κ3) is 3.52. The number of benzene rings is 1. The number of halogens is 2. The highest BCUT2D eigenvalue weighted by Gasteiger charge is 2.08. The molecule has 5 heteroatoms. The van der Waals surface area contributed by atoms with E-state index >= 15 is 0 Å². The Kier molecular flexibility index (Phi) is 4.50.